The fourth-order valence-electron chi connectivity index (χ4n) is 5.03. The molecule has 3 fully saturated rings. The number of benzene rings is 1. The molecule has 4 atom stereocenters. The van der Waals surface area contributed by atoms with E-state index in [1.807, 2.05) is 0 Å². The molecule has 0 radical (unpaired) electrons. The van der Waals surface area contributed by atoms with E-state index < -0.39 is 0 Å². The van der Waals surface area contributed by atoms with E-state index in [1.54, 1.807) is 24.3 Å². The minimum Gasteiger partial charge on any atom is -0.427 e. The molecule has 2 aliphatic carbocycles. The van der Waals surface area contributed by atoms with Gasteiger partial charge in [0.15, 0.2) is 0 Å². The number of imide groups is 1. The first kappa shape index (κ1) is 17.3. The van der Waals surface area contributed by atoms with Crippen molar-refractivity contribution in [2.45, 2.75) is 51.9 Å². The van der Waals surface area contributed by atoms with Crippen LogP contribution in [0.1, 0.15) is 51.9 Å². The predicted molar refractivity (Wildman–Crippen MR) is 96.5 cm³/mol. The first-order chi connectivity index (χ1) is 12.6. The molecule has 0 aromatic heterocycles. The lowest BCUT2D eigenvalue weighted by molar-refractivity contribution is -0.134. The van der Waals surface area contributed by atoms with Gasteiger partial charge in [-0.1, -0.05) is 19.8 Å². The van der Waals surface area contributed by atoms with Gasteiger partial charge in [0.2, 0.25) is 11.8 Å². The number of carbonyl (C=O) groups is 3. The second-order valence-electron chi connectivity index (χ2n) is 7.82. The maximum absolute atomic E-state index is 12.8. The number of rotatable bonds is 6. The molecule has 138 valence electrons. The third kappa shape index (κ3) is 2.83. The average Bonchev–Trinajstić information content (AvgIpc) is 3.30. The molecule has 26 heavy (non-hydrogen) atoms. The van der Waals surface area contributed by atoms with Crippen LogP contribution in [0.3, 0.4) is 0 Å². The number of fused-ring (bicyclic) bond motifs is 5. The van der Waals surface area contributed by atoms with E-state index in [1.165, 1.54) is 4.90 Å². The molecular formula is C21H25NO4. The molecule has 5 nitrogen and oxygen atoms in total. The summed E-state index contributed by atoms with van der Waals surface area (Å²) in [6, 6.07) is 6.73. The number of unbranched alkanes of at least 4 members (excludes halogenated alkanes) is 2. The van der Waals surface area contributed by atoms with Gasteiger partial charge in [-0.3, -0.25) is 19.3 Å². The van der Waals surface area contributed by atoms with Crippen molar-refractivity contribution < 1.29 is 19.1 Å². The molecule has 1 aromatic rings. The van der Waals surface area contributed by atoms with Crippen LogP contribution in [0.2, 0.25) is 0 Å². The molecule has 2 saturated carbocycles. The number of carbonyl (C=O) groups excluding carboxylic acids is 3. The molecule has 4 rings (SSSR count). The summed E-state index contributed by atoms with van der Waals surface area (Å²) in [5.41, 5.74) is 0.583. The maximum Gasteiger partial charge on any atom is 0.311 e. The zero-order valence-electron chi connectivity index (χ0n) is 15.1. The Labute approximate surface area is 153 Å². The monoisotopic (exact) mass is 355 g/mol. The zero-order chi connectivity index (χ0) is 18.3. The lowest BCUT2D eigenvalue weighted by Crippen LogP contribution is -2.32. The Balaban J connectivity index is 1.43. The van der Waals surface area contributed by atoms with Gasteiger partial charge in [-0.05, 0) is 61.8 Å². The number of hydrogen-bond acceptors (Lipinski definition) is 4. The fraction of sp³-hybridized carbons (Fsp3) is 0.571. The van der Waals surface area contributed by atoms with E-state index in [0.717, 1.165) is 38.5 Å². The molecule has 2 amide bonds. The topological polar surface area (TPSA) is 63.7 Å². The van der Waals surface area contributed by atoms with Gasteiger partial charge in [-0.15, -0.1) is 0 Å². The number of nitrogens with zero attached hydrogens (tertiary/aromatic N) is 1. The van der Waals surface area contributed by atoms with Crippen LogP contribution in [-0.4, -0.2) is 17.8 Å². The summed E-state index contributed by atoms with van der Waals surface area (Å²) in [5.74, 6) is 0.660. The van der Waals surface area contributed by atoms with Crippen LogP contribution >= 0.6 is 0 Å². The van der Waals surface area contributed by atoms with Crippen molar-refractivity contribution in [2.75, 3.05) is 4.90 Å². The third-order valence-electron chi connectivity index (χ3n) is 6.24. The quantitative estimate of drug-likeness (QED) is 0.338. The van der Waals surface area contributed by atoms with E-state index in [4.69, 9.17) is 4.74 Å². The predicted octanol–water partition coefficient (Wildman–Crippen LogP) is 3.71. The molecule has 0 spiro atoms. The van der Waals surface area contributed by atoms with Gasteiger partial charge in [-0.2, -0.15) is 0 Å². The number of hydrogen-bond donors (Lipinski definition) is 0. The number of anilines is 1. The molecule has 1 saturated heterocycles. The maximum atomic E-state index is 12.8. The molecule has 1 aliphatic heterocycles. The Morgan fingerprint density at radius 1 is 1.04 bits per heavy atom. The minimum atomic E-state index is -0.245. The van der Waals surface area contributed by atoms with E-state index >= 15 is 0 Å². The zero-order valence-corrected chi connectivity index (χ0v) is 15.1. The molecule has 1 aromatic carbocycles. The highest BCUT2D eigenvalue weighted by Gasteiger charge is 2.61. The summed E-state index contributed by atoms with van der Waals surface area (Å²) in [6.07, 6.45) is 6.49. The smallest absolute Gasteiger partial charge is 0.311 e. The SMILES string of the molecule is CCCCCC(=O)Oc1ccc(N2C(=O)[C@@H]3[C@H]4CC[C@@H](C4)[C@H]3C2=O)cc1. The molecule has 5 heteroatoms. The molecule has 1 heterocycles. The molecule has 0 unspecified atom stereocenters. The highest BCUT2D eigenvalue weighted by atomic mass is 16.5. The highest BCUT2D eigenvalue weighted by molar-refractivity contribution is 6.22. The Morgan fingerprint density at radius 3 is 2.23 bits per heavy atom. The molecule has 2 bridgehead atoms. The van der Waals surface area contributed by atoms with Crippen LogP contribution in [0.15, 0.2) is 24.3 Å². The van der Waals surface area contributed by atoms with E-state index in [0.29, 0.717) is 29.7 Å². The van der Waals surface area contributed by atoms with Crippen molar-refractivity contribution in [1.29, 1.82) is 0 Å². The van der Waals surface area contributed by atoms with Crippen molar-refractivity contribution >= 4 is 23.5 Å². The molecule has 0 N–H and O–H groups in total. The molecular weight excluding hydrogens is 330 g/mol. The second kappa shape index (κ2) is 6.86. The second-order valence-corrected chi connectivity index (χ2v) is 7.82. The normalized spacial score (nSPS) is 29.3. The van der Waals surface area contributed by atoms with Crippen LogP contribution in [0.5, 0.6) is 5.75 Å². The van der Waals surface area contributed by atoms with Crippen LogP contribution in [0, 0.1) is 23.7 Å². The van der Waals surface area contributed by atoms with Crippen molar-refractivity contribution in [1.82, 2.24) is 0 Å². The summed E-state index contributed by atoms with van der Waals surface area (Å²) in [7, 11) is 0. The summed E-state index contributed by atoms with van der Waals surface area (Å²) in [6.45, 7) is 2.09. The van der Waals surface area contributed by atoms with E-state index in [-0.39, 0.29) is 29.6 Å². The summed E-state index contributed by atoms with van der Waals surface area (Å²) < 4.78 is 5.32. The lowest BCUT2D eigenvalue weighted by atomic mass is 9.81. The first-order valence-corrected chi connectivity index (χ1v) is 9.78. The van der Waals surface area contributed by atoms with E-state index in [9.17, 15) is 14.4 Å². The number of amides is 2. The minimum absolute atomic E-state index is 0.0449. The van der Waals surface area contributed by atoms with Gasteiger partial charge in [0.25, 0.3) is 0 Å². The van der Waals surface area contributed by atoms with Gasteiger partial charge in [-0.25, -0.2) is 0 Å². The Hall–Kier alpha value is -2.17. The van der Waals surface area contributed by atoms with Crippen molar-refractivity contribution in [2.24, 2.45) is 23.7 Å². The number of ether oxygens (including phenoxy) is 1. The summed E-state index contributed by atoms with van der Waals surface area (Å²) >= 11 is 0. The van der Waals surface area contributed by atoms with Crippen LogP contribution in [0.25, 0.3) is 0 Å². The van der Waals surface area contributed by atoms with Crippen LogP contribution in [0.4, 0.5) is 5.69 Å². The number of esters is 1. The largest absolute Gasteiger partial charge is 0.427 e. The fourth-order valence-corrected chi connectivity index (χ4v) is 5.03. The van der Waals surface area contributed by atoms with Crippen molar-refractivity contribution in [3.63, 3.8) is 0 Å². The van der Waals surface area contributed by atoms with Gasteiger partial charge < -0.3 is 4.74 Å². The Kier molecular flexibility index (Phi) is 4.55. The Morgan fingerprint density at radius 2 is 1.65 bits per heavy atom. The highest BCUT2D eigenvalue weighted by Crippen LogP contribution is 2.56. The third-order valence-corrected chi connectivity index (χ3v) is 6.24. The summed E-state index contributed by atoms with van der Waals surface area (Å²) in [5, 5.41) is 0. The van der Waals surface area contributed by atoms with E-state index in [2.05, 4.69) is 6.92 Å². The van der Waals surface area contributed by atoms with Crippen molar-refractivity contribution in [3.05, 3.63) is 24.3 Å². The molecule has 3 aliphatic rings. The first-order valence-electron chi connectivity index (χ1n) is 9.78. The average molecular weight is 355 g/mol. The van der Waals surface area contributed by atoms with Gasteiger partial charge >= 0.3 is 5.97 Å². The standard InChI is InChI=1S/C21H25NO4/c1-2-3-4-5-17(23)26-16-10-8-15(9-11-16)22-20(24)18-13-6-7-14(12-13)19(18)21(22)25/h8-11,13-14,18-19H,2-7,12H2,1H3/t13-,14-,18+,19+/m0/s1. The lowest BCUT2D eigenvalue weighted by Gasteiger charge is -2.19. The van der Waals surface area contributed by atoms with Crippen LogP contribution in [-0.2, 0) is 14.4 Å². The van der Waals surface area contributed by atoms with Crippen LogP contribution < -0.4 is 9.64 Å². The van der Waals surface area contributed by atoms with Gasteiger partial charge in [0.1, 0.15) is 5.75 Å². The summed E-state index contributed by atoms with van der Waals surface area (Å²) in [4.78, 5) is 38.8. The van der Waals surface area contributed by atoms with Crippen molar-refractivity contribution in [3.8, 4) is 5.75 Å². The Bertz CT molecular complexity index is 698. The van der Waals surface area contributed by atoms with Gasteiger partial charge in [0, 0.05) is 6.42 Å². The van der Waals surface area contributed by atoms with Gasteiger partial charge in [0.05, 0.1) is 17.5 Å².